The summed E-state index contributed by atoms with van der Waals surface area (Å²) in [4.78, 5) is 5.18. The molecule has 106 valence electrons. The van der Waals surface area contributed by atoms with E-state index >= 15 is 0 Å². The van der Waals surface area contributed by atoms with Crippen LogP contribution in [0.1, 0.15) is 51.9 Å². The Kier molecular flexibility index (Phi) is 5.46. The molecule has 1 heterocycles. The molecule has 0 spiro atoms. The number of rotatable bonds is 3. The molecule has 0 aromatic carbocycles. The molecule has 1 aliphatic carbocycles. The Morgan fingerprint density at radius 1 is 1.06 bits per heavy atom. The maximum absolute atomic E-state index is 9.32. The third-order valence-electron chi connectivity index (χ3n) is 4.74. The van der Waals surface area contributed by atoms with Crippen molar-refractivity contribution in [2.75, 3.05) is 26.7 Å². The van der Waals surface area contributed by atoms with Gasteiger partial charge in [0, 0.05) is 37.8 Å². The van der Waals surface area contributed by atoms with E-state index in [1.165, 1.54) is 45.1 Å². The number of piperazine rings is 1. The number of aliphatic hydroxyl groups is 1. The van der Waals surface area contributed by atoms with Crippen LogP contribution in [0.15, 0.2) is 0 Å². The van der Waals surface area contributed by atoms with Crippen molar-refractivity contribution in [3.63, 3.8) is 0 Å². The van der Waals surface area contributed by atoms with Gasteiger partial charge in [-0.3, -0.25) is 4.90 Å². The molecule has 1 saturated heterocycles. The first kappa shape index (κ1) is 14.3. The van der Waals surface area contributed by atoms with Gasteiger partial charge >= 0.3 is 0 Å². The molecule has 1 aliphatic heterocycles. The molecular formula is C15H30N2O. The van der Waals surface area contributed by atoms with Crippen molar-refractivity contribution in [1.29, 1.82) is 0 Å². The highest BCUT2D eigenvalue weighted by Crippen LogP contribution is 2.28. The van der Waals surface area contributed by atoms with Gasteiger partial charge in [0.25, 0.3) is 0 Å². The lowest BCUT2D eigenvalue weighted by Crippen LogP contribution is -2.60. The molecule has 1 saturated carbocycles. The summed E-state index contributed by atoms with van der Waals surface area (Å²) in [6.07, 6.45) is 9.31. The van der Waals surface area contributed by atoms with Crippen LogP contribution in [0.4, 0.5) is 0 Å². The molecule has 0 aromatic rings. The summed E-state index contributed by atoms with van der Waals surface area (Å²) >= 11 is 0. The standard InChI is InChI=1S/C15H30N2O/c1-13-11-16(2)12-15(9-10-18)17(13)14-7-5-3-4-6-8-14/h13-15,18H,3-12H2,1-2H3. The third kappa shape index (κ3) is 3.46. The highest BCUT2D eigenvalue weighted by molar-refractivity contribution is 4.90. The minimum absolute atomic E-state index is 0.328. The first-order valence-corrected chi connectivity index (χ1v) is 7.79. The maximum atomic E-state index is 9.32. The van der Waals surface area contributed by atoms with Crippen LogP contribution in [0.25, 0.3) is 0 Å². The van der Waals surface area contributed by atoms with Crippen LogP contribution in [0, 0.1) is 0 Å². The van der Waals surface area contributed by atoms with E-state index in [2.05, 4.69) is 23.8 Å². The molecule has 2 rings (SSSR count). The zero-order valence-corrected chi connectivity index (χ0v) is 12.1. The van der Waals surface area contributed by atoms with Gasteiger partial charge in [-0.2, -0.15) is 0 Å². The first-order chi connectivity index (χ1) is 8.72. The van der Waals surface area contributed by atoms with E-state index in [4.69, 9.17) is 0 Å². The van der Waals surface area contributed by atoms with E-state index in [9.17, 15) is 5.11 Å². The van der Waals surface area contributed by atoms with Gasteiger partial charge in [-0.15, -0.1) is 0 Å². The molecule has 18 heavy (non-hydrogen) atoms. The Morgan fingerprint density at radius 3 is 2.33 bits per heavy atom. The molecule has 0 radical (unpaired) electrons. The second kappa shape index (κ2) is 6.88. The summed E-state index contributed by atoms with van der Waals surface area (Å²) in [7, 11) is 2.21. The fourth-order valence-corrected chi connectivity index (χ4v) is 4.04. The molecule has 2 atom stereocenters. The molecule has 0 bridgehead atoms. The summed E-state index contributed by atoms with van der Waals surface area (Å²) in [6, 6.07) is 1.97. The largest absolute Gasteiger partial charge is 0.396 e. The predicted molar refractivity (Wildman–Crippen MR) is 75.8 cm³/mol. The van der Waals surface area contributed by atoms with E-state index in [1.807, 2.05) is 0 Å². The lowest BCUT2D eigenvalue weighted by Gasteiger charge is -2.48. The fraction of sp³-hybridized carbons (Fsp3) is 1.00. The van der Waals surface area contributed by atoms with E-state index < -0.39 is 0 Å². The third-order valence-corrected chi connectivity index (χ3v) is 4.74. The SMILES string of the molecule is CC1CN(C)CC(CCO)N1C1CCCCCC1. The van der Waals surface area contributed by atoms with Gasteiger partial charge in [-0.1, -0.05) is 25.7 Å². The monoisotopic (exact) mass is 254 g/mol. The van der Waals surface area contributed by atoms with Crippen LogP contribution in [0.2, 0.25) is 0 Å². The molecular weight excluding hydrogens is 224 g/mol. The molecule has 3 nitrogen and oxygen atoms in total. The quantitative estimate of drug-likeness (QED) is 0.781. The number of aliphatic hydroxyl groups excluding tert-OH is 1. The minimum atomic E-state index is 0.328. The Morgan fingerprint density at radius 2 is 1.72 bits per heavy atom. The van der Waals surface area contributed by atoms with Crippen LogP contribution >= 0.6 is 0 Å². The normalized spacial score (nSPS) is 33.5. The highest BCUT2D eigenvalue weighted by atomic mass is 16.3. The summed E-state index contributed by atoms with van der Waals surface area (Å²) in [6.45, 7) is 5.00. The Bertz CT molecular complexity index is 237. The van der Waals surface area contributed by atoms with Crippen LogP contribution in [-0.2, 0) is 0 Å². The van der Waals surface area contributed by atoms with Crippen LogP contribution < -0.4 is 0 Å². The lowest BCUT2D eigenvalue weighted by molar-refractivity contribution is -0.00598. The van der Waals surface area contributed by atoms with E-state index in [0.717, 1.165) is 19.0 Å². The van der Waals surface area contributed by atoms with Crippen molar-refractivity contribution in [2.24, 2.45) is 0 Å². The Labute approximate surface area is 112 Å². The fourth-order valence-electron chi connectivity index (χ4n) is 4.04. The maximum Gasteiger partial charge on any atom is 0.0446 e. The summed E-state index contributed by atoms with van der Waals surface area (Å²) in [5.74, 6) is 0. The van der Waals surface area contributed by atoms with E-state index in [-0.39, 0.29) is 0 Å². The van der Waals surface area contributed by atoms with E-state index in [0.29, 0.717) is 18.7 Å². The molecule has 2 aliphatic rings. The van der Waals surface area contributed by atoms with Crippen molar-refractivity contribution in [1.82, 2.24) is 9.80 Å². The molecule has 2 fully saturated rings. The topological polar surface area (TPSA) is 26.7 Å². The second-order valence-electron chi connectivity index (χ2n) is 6.33. The minimum Gasteiger partial charge on any atom is -0.396 e. The van der Waals surface area contributed by atoms with E-state index in [1.54, 1.807) is 0 Å². The van der Waals surface area contributed by atoms with Gasteiger partial charge in [0.1, 0.15) is 0 Å². The van der Waals surface area contributed by atoms with Crippen molar-refractivity contribution >= 4 is 0 Å². The van der Waals surface area contributed by atoms with Crippen molar-refractivity contribution in [2.45, 2.75) is 70.0 Å². The molecule has 0 aromatic heterocycles. The molecule has 3 heteroatoms. The average Bonchev–Trinajstić information content (AvgIpc) is 2.57. The summed E-state index contributed by atoms with van der Waals surface area (Å²) in [5.41, 5.74) is 0. The number of hydrogen-bond acceptors (Lipinski definition) is 3. The van der Waals surface area contributed by atoms with Crippen molar-refractivity contribution < 1.29 is 5.11 Å². The number of hydrogen-bond donors (Lipinski definition) is 1. The lowest BCUT2D eigenvalue weighted by atomic mass is 9.97. The number of likely N-dealkylation sites (N-methyl/N-ethyl adjacent to an activating group) is 1. The Balaban J connectivity index is 2.04. The van der Waals surface area contributed by atoms with Gasteiger partial charge in [0.05, 0.1) is 0 Å². The molecule has 1 N–H and O–H groups in total. The zero-order valence-electron chi connectivity index (χ0n) is 12.1. The number of nitrogens with zero attached hydrogens (tertiary/aromatic N) is 2. The van der Waals surface area contributed by atoms with Gasteiger partial charge < -0.3 is 10.0 Å². The van der Waals surface area contributed by atoms with Crippen LogP contribution in [0.5, 0.6) is 0 Å². The smallest absolute Gasteiger partial charge is 0.0446 e. The van der Waals surface area contributed by atoms with Gasteiger partial charge in [-0.05, 0) is 33.2 Å². The average molecular weight is 254 g/mol. The van der Waals surface area contributed by atoms with Crippen molar-refractivity contribution in [3.8, 4) is 0 Å². The van der Waals surface area contributed by atoms with Gasteiger partial charge in [0.15, 0.2) is 0 Å². The zero-order chi connectivity index (χ0) is 13.0. The Hall–Kier alpha value is -0.120. The van der Waals surface area contributed by atoms with Crippen LogP contribution in [-0.4, -0.2) is 59.8 Å². The summed E-state index contributed by atoms with van der Waals surface area (Å²) < 4.78 is 0. The van der Waals surface area contributed by atoms with Gasteiger partial charge in [-0.25, -0.2) is 0 Å². The van der Waals surface area contributed by atoms with Crippen LogP contribution in [0.3, 0.4) is 0 Å². The van der Waals surface area contributed by atoms with Crippen molar-refractivity contribution in [3.05, 3.63) is 0 Å². The summed E-state index contributed by atoms with van der Waals surface area (Å²) in [5, 5.41) is 9.32. The highest BCUT2D eigenvalue weighted by Gasteiger charge is 2.34. The second-order valence-corrected chi connectivity index (χ2v) is 6.33. The van der Waals surface area contributed by atoms with Gasteiger partial charge in [0.2, 0.25) is 0 Å². The molecule has 2 unspecified atom stereocenters. The predicted octanol–water partition coefficient (Wildman–Crippen LogP) is 2.10. The first-order valence-electron chi connectivity index (χ1n) is 7.79. The molecule has 0 amide bonds.